The number of nitrogens with zero attached hydrogens (tertiary/aromatic N) is 2. The molecule has 0 atom stereocenters. The molecular weight excluding hydrogens is 284 g/mol. The number of amides is 2. The molecule has 0 spiro atoms. The predicted octanol–water partition coefficient (Wildman–Crippen LogP) is 1.14. The van der Waals surface area contributed by atoms with Gasteiger partial charge >= 0.3 is 0 Å². The molecule has 116 valence electrons. The van der Waals surface area contributed by atoms with Crippen LogP contribution in [0.1, 0.15) is 6.92 Å². The highest BCUT2D eigenvalue weighted by molar-refractivity contribution is 6.00. The van der Waals surface area contributed by atoms with Crippen LogP contribution in [0.25, 0.3) is 0 Å². The summed E-state index contributed by atoms with van der Waals surface area (Å²) in [6.45, 7) is 3.50. The van der Waals surface area contributed by atoms with Gasteiger partial charge in [-0.1, -0.05) is 18.2 Å². The van der Waals surface area contributed by atoms with Crippen molar-refractivity contribution >= 4 is 17.5 Å². The van der Waals surface area contributed by atoms with Crippen LogP contribution in [-0.2, 0) is 19.1 Å². The molecule has 2 aliphatic rings. The zero-order valence-electron chi connectivity index (χ0n) is 12.4. The fourth-order valence-electron chi connectivity index (χ4n) is 2.59. The van der Waals surface area contributed by atoms with Crippen molar-refractivity contribution in [2.45, 2.75) is 6.92 Å². The highest BCUT2D eigenvalue weighted by atomic mass is 16.6. The smallest absolute Gasteiger partial charge is 0.293 e. The van der Waals surface area contributed by atoms with Gasteiger partial charge in [0.1, 0.15) is 25.5 Å². The Hall–Kier alpha value is -2.50. The molecule has 1 aromatic carbocycles. The lowest BCUT2D eigenvalue weighted by molar-refractivity contribution is -0.138. The Balaban J connectivity index is 1.70. The zero-order chi connectivity index (χ0) is 15.5. The standard InChI is InChI=1S/C16H18N2O4/c1-12-15(22-10-9-21-12)16(20)17-7-8-18(14(19)11-17)13-5-3-2-4-6-13/h2-6H,7-11H2,1H3. The number of benzene rings is 1. The van der Waals surface area contributed by atoms with Gasteiger partial charge in [0.2, 0.25) is 11.7 Å². The van der Waals surface area contributed by atoms with Gasteiger partial charge in [0, 0.05) is 18.8 Å². The summed E-state index contributed by atoms with van der Waals surface area (Å²) in [6, 6.07) is 9.47. The van der Waals surface area contributed by atoms with E-state index in [4.69, 9.17) is 9.47 Å². The third kappa shape index (κ3) is 2.77. The van der Waals surface area contributed by atoms with Gasteiger partial charge in [-0.15, -0.1) is 0 Å². The third-order valence-corrected chi connectivity index (χ3v) is 3.74. The highest BCUT2D eigenvalue weighted by Gasteiger charge is 2.32. The number of carbonyl (C=O) groups is 2. The molecule has 1 aromatic rings. The van der Waals surface area contributed by atoms with E-state index in [1.807, 2.05) is 30.3 Å². The minimum atomic E-state index is -0.279. The average molecular weight is 302 g/mol. The monoisotopic (exact) mass is 302 g/mol. The Morgan fingerprint density at radius 2 is 1.82 bits per heavy atom. The number of rotatable bonds is 2. The van der Waals surface area contributed by atoms with Crippen molar-refractivity contribution in [3.05, 3.63) is 41.9 Å². The molecule has 0 radical (unpaired) electrons. The Labute approximate surface area is 128 Å². The predicted molar refractivity (Wildman–Crippen MR) is 80.0 cm³/mol. The molecule has 2 amide bonds. The lowest BCUT2D eigenvalue weighted by atomic mass is 10.2. The Kier molecular flexibility index (Phi) is 4.00. The molecule has 0 aliphatic carbocycles. The number of hydrogen-bond donors (Lipinski definition) is 0. The van der Waals surface area contributed by atoms with Crippen molar-refractivity contribution < 1.29 is 19.1 Å². The van der Waals surface area contributed by atoms with E-state index in [9.17, 15) is 9.59 Å². The number of piperazine rings is 1. The van der Waals surface area contributed by atoms with Gasteiger partial charge in [-0.25, -0.2) is 0 Å². The van der Waals surface area contributed by atoms with E-state index in [1.165, 1.54) is 4.90 Å². The fraction of sp³-hybridized carbons (Fsp3) is 0.375. The summed E-state index contributed by atoms with van der Waals surface area (Å²) < 4.78 is 10.7. The van der Waals surface area contributed by atoms with Gasteiger partial charge in [-0.3, -0.25) is 9.59 Å². The summed E-state index contributed by atoms with van der Waals surface area (Å²) in [5, 5.41) is 0. The Bertz CT molecular complexity index is 612. The molecule has 22 heavy (non-hydrogen) atoms. The first-order valence-electron chi connectivity index (χ1n) is 7.28. The number of anilines is 1. The molecule has 2 heterocycles. The lowest BCUT2D eigenvalue weighted by Crippen LogP contribution is -2.53. The molecule has 2 aliphatic heterocycles. The van der Waals surface area contributed by atoms with Crippen LogP contribution in [-0.4, -0.2) is 49.6 Å². The number of hydrogen-bond acceptors (Lipinski definition) is 4. The SMILES string of the molecule is CC1=C(C(=O)N2CCN(c3ccccc3)C(=O)C2)OCCO1. The molecule has 6 heteroatoms. The molecule has 3 rings (SSSR count). The van der Waals surface area contributed by atoms with Gasteiger partial charge in [0.05, 0.1) is 0 Å². The highest BCUT2D eigenvalue weighted by Crippen LogP contribution is 2.20. The third-order valence-electron chi connectivity index (χ3n) is 3.74. The van der Waals surface area contributed by atoms with E-state index in [-0.39, 0.29) is 24.1 Å². The second-order valence-corrected chi connectivity index (χ2v) is 5.19. The molecule has 6 nitrogen and oxygen atoms in total. The molecule has 0 bridgehead atoms. The fourth-order valence-corrected chi connectivity index (χ4v) is 2.59. The van der Waals surface area contributed by atoms with Gasteiger partial charge in [-0.05, 0) is 19.1 Å². The van der Waals surface area contributed by atoms with Crippen LogP contribution >= 0.6 is 0 Å². The van der Waals surface area contributed by atoms with Crippen LogP contribution < -0.4 is 4.90 Å². The van der Waals surface area contributed by atoms with Gasteiger partial charge in [0.15, 0.2) is 0 Å². The molecule has 0 N–H and O–H groups in total. The van der Waals surface area contributed by atoms with Crippen molar-refractivity contribution in [2.24, 2.45) is 0 Å². The van der Waals surface area contributed by atoms with Crippen LogP contribution in [0.2, 0.25) is 0 Å². The minimum absolute atomic E-state index is 0.0495. The summed E-state index contributed by atoms with van der Waals surface area (Å²) in [7, 11) is 0. The number of para-hydroxylation sites is 1. The van der Waals surface area contributed by atoms with Crippen LogP contribution in [0, 0.1) is 0 Å². The minimum Gasteiger partial charge on any atom is -0.491 e. The molecular formula is C16H18N2O4. The average Bonchev–Trinajstić information content (AvgIpc) is 2.55. The molecule has 0 unspecified atom stereocenters. The Morgan fingerprint density at radius 3 is 2.50 bits per heavy atom. The number of carbonyl (C=O) groups excluding carboxylic acids is 2. The van der Waals surface area contributed by atoms with Crippen LogP contribution in [0.5, 0.6) is 0 Å². The first kappa shape index (κ1) is 14.4. The Morgan fingerprint density at radius 1 is 1.09 bits per heavy atom. The largest absolute Gasteiger partial charge is 0.491 e. The van der Waals surface area contributed by atoms with Crippen LogP contribution in [0.3, 0.4) is 0 Å². The van der Waals surface area contributed by atoms with Gasteiger partial charge in [0.25, 0.3) is 5.91 Å². The van der Waals surface area contributed by atoms with Crippen molar-refractivity contribution in [1.82, 2.24) is 4.90 Å². The van der Waals surface area contributed by atoms with Crippen molar-refractivity contribution in [2.75, 3.05) is 37.7 Å². The van der Waals surface area contributed by atoms with Crippen LogP contribution in [0.4, 0.5) is 5.69 Å². The molecule has 1 saturated heterocycles. The first-order valence-corrected chi connectivity index (χ1v) is 7.28. The topological polar surface area (TPSA) is 59.1 Å². The van der Waals surface area contributed by atoms with E-state index in [2.05, 4.69) is 0 Å². The second-order valence-electron chi connectivity index (χ2n) is 5.19. The van der Waals surface area contributed by atoms with Crippen molar-refractivity contribution in [1.29, 1.82) is 0 Å². The van der Waals surface area contributed by atoms with Gasteiger partial charge in [-0.2, -0.15) is 0 Å². The summed E-state index contributed by atoms with van der Waals surface area (Å²) in [5.74, 6) is 0.320. The van der Waals surface area contributed by atoms with Crippen molar-refractivity contribution in [3.8, 4) is 0 Å². The zero-order valence-corrected chi connectivity index (χ0v) is 12.4. The van der Waals surface area contributed by atoms with Crippen molar-refractivity contribution in [3.63, 3.8) is 0 Å². The molecule has 1 fully saturated rings. The summed E-state index contributed by atoms with van der Waals surface area (Å²) in [4.78, 5) is 28.0. The lowest BCUT2D eigenvalue weighted by Gasteiger charge is -2.35. The number of ether oxygens (including phenoxy) is 2. The maximum atomic E-state index is 12.4. The molecule has 0 saturated carbocycles. The van der Waals surface area contributed by atoms with Gasteiger partial charge < -0.3 is 19.3 Å². The number of allylic oxidation sites excluding steroid dienone is 1. The first-order chi connectivity index (χ1) is 10.7. The quantitative estimate of drug-likeness (QED) is 0.822. The summed E-state index contributed by atoms with van der Waals surface area (Å²) in [5.41, 5.74) is 0.854. The summed E-state index contributed by atoms with van der Waals surface area (Å²) in [6.07, 6.45) is 0. The van der Waals surface area contributed by atoms with Crippen LogP contribution in [0.15, 0.2) is 41.9 Å². The molecule has 0 aromatic heterocycles. The summed E-state index contributed by atoms with van der Waals surface area (Å²) >= 11 is 0. The maximum absolute atomic E-state index is 12.4. The normalized spacial score (nSPS) is 18.9. The van der Waals surface area contributed by atoms with E-state index >= 15 is 0 Å². The maximum Gasteiger partial charge on any atom is 0.293 e. The second kappa shape index (κ2) is 6.09. The van der Waals surface area contributed by atoms with E-state index in [0.29, 0.717) is 32.1 Å². The van der Waals surface area contributed by atoms with E-state index in [1.54, 1.807) is 11.8 Å². The van der Waals surface area contributed by atoms with E-state index in [0.717, 1.165) is 5.69 Å². The van der Waals surface area contributed by atoms with E-state index < -0.39 is 0 Å².